The zero-order chi connectivity index (χ0) is 21.4. The molecule has 2 rings (SSSR count). The molecule has 0 unspecified atom stereocenters. The molecule has 1 amide bonds. The standard InChI is InChI=1S/C22H33NO6/c1-6-11-18(16-12-9-8-10-13-16)27-19-15-14-17(20(24)26-7-2)23(29-19)21(25)28-22(3,4)5/h8-10,12-13,17-19H,6-7,11,14-15H2,1-5H3/t17-,18-,19+/m0/s1. The van der Waals surface area contributed by atoms with Crippen LogP contribution in [0.4, 0.5) is 4.79 Å². The van der Waals surface area contributed by atoms with E-state index in [1.54, 1.807) is 27.7 Å². The second-order valence-corrected chi connectivity index (χ2v) is 8.01. The van der Waals surface area contributed by atoms with Crippen molar-refractivity contribution in [1.82, 2.24) is 5.06 Å². The van der Waals surface area contributed by atoms with Crippen molar-refractivity contribution in [3.63, 3.8) is 0 Å². The van der Waals surface area contributed by atoms with Crippen LogP contribution in [-0.2, 0) is 23.8 Å². The molecule has 0 aliphatic carbocycles. The maximum Gasteiger partial charge on any atom is 0.435 e. The normalized spacial score (nSPS) is 20.8. The Morgan fingerprint density at radius 3 is 2.45 bits per heavy atom. The molecule has 0 aromatic heterocycles. The van der Waals surface area contributed by atoms with Gasteiger partial charge < -0.3 is 14.2 Å². The summed E-state index contributed by atoms with van der Waals surface area (Å²) >= 11 is 0. The van der Waals surface area contributed by atoms with Crippen LogP contribution in [0.15, 0.2) is 30.3 Å². The van der Waals surface area contributed by atoms with E-state index in [0.29, 0.717) is 12.8 Å². The fourth-order valence-electron chi connectivity index (χ4n) is 3.11. The highest BCUT2D eigenvalue weighted by molar-refractivity contribution is 5.81. The summed E-state index contributed by atoms with van der Waals surface area (Å²) in [5.74, 6) is -0.509. The molecule has 0 radical (unpaired) electrons. The van der Waals surface area contributed by atoms with Gasteiger partial charge in [-0.2, -0.15) is 5.06 Å². The zero-order valence-electron chi connectivity index (χ0n) is 18.1. The Kier molecular flexibility index (Phi) is 8.46. The molecule has 1 aliphatic rings. The Bertz CT molecular complexity index is 657. The van der Waals surface area contributed by atoms with Crippen molar-refractivity contribution in [2.24, 2.45) is 0 Å². The molecule has 7 heteroatoms. The summed E-state index contributed by atoms with van der Waals surface area (Å²) in [7, 11) is 0. The van der Waals surface area contributed by atoms with Crippen LogP contribution in [0, 0.1) is 0 Å². The smallest absolute Gasteiger partial charge is 0.435 e. The van der Waals surface area contributed by atoms with E-state index in [2.05, 4.69) is 6.92 Å². The number of hydroxylamine groups is 2. The van der Waals surface area contributed by atoms with E-state index in [0.717, 1.165) is 23.5 Å². The second kappa shape index (κ2) is 10.6. The third kappa shape index (κ3) is 7.01. The van der Waals surface area contributed by atoms with Crippen molar-refractivity contribution in [3.05, 3.63) is 35.9 Å². The molecule has 0 spiro atoms. The van der Waals surface area contributed by atoms with Crippen LogP contribution in [0.5, 0.6) is 0 Å². The van der Waals surface area contributed by atoms with Crippen LogP contribution in [0.1, 0.15) is 72.0 Å². The van der Waals surface area contributed by atoms with E-state index in [9.17, 15) is 9.59 Å². The maximum atomic E-state index is 12.7. The molecule has 0 N–H and O–H groups in total. The first kappa shape index (κ1) is 23.2. The highest BCUT2D eigenvalue weighted by Crippen LogP contribution is 2.30. The zero-order valence-corrected chi connectivity index (χ0v) is 18.1. The highest BCUT2D eigenvalue weighted by Gasteiger charge is 2.41. The van der Waals surface area contributed by atoms with Gasteiger partial charge in [0, 0.05) is 6.42 Å². The van der Waals surface area contributed by atoms with Crippen LogP contribution in [0.3, 0.4) is 0 Å². The topological polar surface area (TPSA) is 74.3 Å². The van der Waals surface area contributed by atoms with Crippen molar-refractivity contribution in [1.29, 1.82) is 0 Å². The number of rotatable bonds is 7. The minimum atomic E-state index is -0.856. The molecular weight excluding hydrogens is 374 g/mol. The molecular formula is C22H33NO6. The molecule has 3 atom stereocenters. The quantitative estimate of drug-likeness (QED) is 0.607. The summed E-state index contributed by atoms with van der Waals surface area (Å²) in [6.07, 6.45) is 1.04. The molecule has 1 aromatic rings. The van der Waals surface area contributed by atoms with Gasteiger partial charge in [-0.3, -0.25) is 0 Å². The van der Waals surface area contributed by atoms with E-state index < -0.39 is 30.0 Å². The lowest BCUT2D eigenvalue weighted by atomic mass is 10.0. The Morgan fingerprint density at radius 1 is 1.17 bits per heavy atom. The van der Waals surface area contributed by atoms with Gasteiger partial charge >= 0.3 is 12.1 Å². The minimum absolute atomic E-state index is 0.161. The van der Waals surface area contributed by atoms with Crippen LogP contribution < -0.4 is 0 Å². The van der Waals surface area contributed by atoms with Crippen LogP contribution in [-0.4, -0.2) is 41.7 Å². The first-order valence-electron chi connectivity index (χ1n) is 10.3. The Balaban J connectivity index is 2.14. The highest BCUT2D eigenvalue weighted by atomic mass is 16.8. The lowest BCUT2D eigenvalue weighted by Gasteiger charge is -2.38. The molecule has 1 aromatic carbocycles. The van der Waals surface area contributed by atoms with Gasteiger partial charge in [-0.05, 0) is 46.1 Å². The predicted molar refractivity (Wildman–Crippen MR) is 108 cm³/mol. The number of amides is 1. The summed E-state index contributed by atoms with van der Waals surface area (Å²) in [5, 5.41) is 0.978. The molecule has 1 heterocycles. The lowest BCUT2D eigenvalue weighted by molar-refractivity contribution is -0.312. The minimum Gasteiger partial charge on any atom is -0.464 e. The number of hydrogen-bond acceptors (Lipinski definition) is 6. The van der Waals surface area contributed by atoms with Gasteiger partial charge in [-0.25, -0.2) is 14.4 Å². The van der Waals surface area contributed by atoms with E-state index in [-0.39, 0.29) is 12.7 Å². The van der Waals surface area contributed by atoms with Crippen molar-refractivity contribution in [3.8, 4) is 0 Å². The first-order valence-corrected chi connectivity index (χ1v) is 10.3. The number of nitrogens with zero attached hydrogens (tertiary/aromatic N) is 1. The van der Waals surface area contributed by atoms with Gasteiger partial charge in [0.2, 0.25) is 0 Å². The molecule has 162 valence electrons. The van der Waals surface area contributed by atoms with Crippen molar-refractivity contribution >= 4 is 12.1 Å². The molecule has 1 saturated heterocycles. The van der Waals surface area contributed by atoms with Crippen LogP contribution >= 0.6 is 0 Å². The number of esters is 1. The Hall–Kier alpha value is -2.12. The average molecular weight is 408 g/mol. The number of carbonyl (C=O) groups is 2. The second-order valence-electron chi connectivity index (χ2n) is 8.01. The van der Waals surface area contributed by atoms with E-state index in [4.69, 9.17) is 19.0 Å². The summed E-state index contributed by atoms with van der Waals surface area (Å²) in [6, 6.07) is 9.05. The van der Waals surface area contributed by atoms with Crippen molar-refractivity contribution < 1.29 is 28.6 Å². The van der Waals surface area contributed by atoms with Crippen molar-refractivity contribution in [2.75, 3.05) is 6.61 Å². The summed E-state index contributed by atoms with van der Waals surface area (Å²) in [6.45, 7) is 9.31. The first-order chi connectivity index (χ1) is 13.7. The van der Waals surface area contributed by atoms with Crippen molar-refractivity contribution in [2.45, 2.75) is 84.3 Å². The Labute approximate surface area is 173 Å². The molecule has 0 saturated carbocycles. The number of carbonyl (C=O) groups excluding carboxylic acids is 2. The largest absolute Gasteiger partial charge is 0.464 e. The third-order valence-corrected chi connectivity index (χ3v) is 4.36. The lowest BCUT2D eigenvalue weighted by Crippen LogP contribution is -2.53. The summed E-state index contributed by atoms with van der Waals surface area (Å²) < 4.78 is 16.7. The number of benzene rings is 1. The SMILES string of the molecule is CCC[C@H](O[C@H]1CC[C@@H](C(=O)OCC)N(C(=O)OC(C)(C)C)O1)c1ccccc1. The average Bonchev–Trinajstić information content (AvgIpc) is 2.67. The molecule has 29 heavy (non-hydrogen) atoms. The summed E-state index contributed by atoms with van der Waals surface area (Å²) in [4.78, 5) is 30.8. The molecule has 1 fully saturated rings. The number of hydrogen-bond donors (Lipinski definition) is 0. The van der Waals surface area contributed by atoms with Gasteiger partial charge in [0.15, 0.2) is 12.3 Å². The van der Waals surface area contributed by atoms with E-state index in [1.807, 2.05) is 30.3 Å². The predicted octanol–water partition coefficient (Wildman–Crippen LogP) is 4.76. The summed E-state index contributed by atoms with van der Waals surface area (Å²) in [5.41, 5.74) is 0.330. The van der Waals surface area contributed by atoms with Crippen LogP contribution in [0.2, 0.25) is 0 Å². The van der Waals surface area contributed by atoms with E-state index >= 15 is 0 Å². The van der Waals surface area contributed by atoms with Gasteiger partial charge in [-0.1, -0.05) is 43.7 Å². The fraction of sp³-hybridized carbons (Fsp3) is 0.636. The Morgan fingerprint density at radius 2 is 1.86 bits per heavy atom. The van der Waals surface area contributed by atoms with E-state index in [1.165, 1.54) is 0 Å². The number of ether oxygens (including phenoxy) is 3. The third-order valence-electron chi connectivity index (χ3n) is 4.36. The molecule has 1 aliphatic heterocycles. The van der Waals surface area contributed by atoms with Crippen LogP contribution in [0.25, 0.3) is 0 Å². The van der Waals surface area contributed by atoms with Gasteiger partial charge in [0.1, 0.15) is 5.60 Å². The van der Waals surface area contributed by atoms with Gasteiger partial charge in [-0.15, -0.1) is 0 Å². The van der Waals surface area contributed by atoms with Gasteiger partial charge in [0.25, 0.3) is 0 Å². The van der Waals surface area contributed by atoms with Gasteiger partial charge in [0.05, 0.1) is 12.7 Å². The molecule has 7 nitrogen and oxygen atoms in total. The molecule has 0 bridgehead atoms. The fourth-order valence-corrected chi connectivity index (χ4v) is 3.11. The maximum absolute atomic E-state index is 12.7. The monoisotopic (exact) mass is 407 g/mol.